The number of thiophene rings is 1. The predicted octanol–water partition coefficient (Wildman–Crippen LogP) is 4.02. The first-order valence-corrected chi connectivity index (χ1v) is 5.74. The molecule has 0 aromatic carbocycles. The van der Waals surface area contributed by atoms with E-state index in [1.807, 2.05) is 6.92 Å². The summed E-state index contributed by atoms with van der Waals surface area (Å²) in [6.07, 6.45) is 0.743. The molecule has 1 aromatic rings. The molecule has 0 saturated carbocycles. The number of hydrogen-bond acceptors (Lipinski definition) is 2. The van der Waals surface area contributed by atoms with Crippen LogP contribution in [0.25, 0.3) is 0 Å². The van der Waals surface area contributed by atoms with E-state index in [4.69, 9.17) is 28.3 Å². The Bertz CT molecular complexity index is 336. The average Bonchev–Trinajstić information content (AvgIpc) is 2.41. The van der Waals surface area contributed by atoms with Crippen LogP contribution in [0.5, 0.6) is 0 Å². The molecular weight excluding hydrogens is 243 g/mol. The zero-order valence-corrected chi connectivity index (χ0v) is 9.92. The van der Waals surface area contributed by atoms with Crippen molar-refractivity contribution in [3.63, 3.8) is 0 Å². The first kappa shape index (κ1) is 11.8. The molecule has 0 spiro atoms. The second-order valence-electron chi connectivity index (χ2n) is 3.11. The molecular formula is C9H10Cl2O2S. The summed E-state index contributed by atoms with van der Waals surface area (Å²) in [7, 11) is 0. The van der Waals surface area contributed by atoms with E-state index < -0.39 is 5.97 Å². The molecule has 1 atom stereocenters. The van der Waals surface area contributed by atoms with E-state index in [9.17, 15) is 4.79 Å². The molecule has 5 heteroatoms. The van der Waals surface area contributed by atoms with Crippen molar-refractivity contribution in [3.8, 4) is 0 Å². The summed E-state index contributed by atoms with van der Waals surface area (Å²) in [6, 6.07) is 1.81. The van der Waals surface area contributed by atoms with Crippen LogP contribution in [0.2, 0.25) is 8.67 Å². The SMILES string of the molecule is CC(CCC(=O)O)c1cc(Cl)sc1Cl. The van der Waals surface area contributed by atoms with Gasteiger partial charge in [-0.25, -0.2) is 0 Å². The smallest absolute Gasteiger partial charge is 0.303 e. The number of carboxylic acid groups (broad SMARTS) is 1. The maximum Gasteiger partial charge on any atom is 0.303 e. The third-order valence-corrected chi connectivity index (χ3v) is 3.52. The molecule has 0 aliphatic carbocycles. The highest BCUT2D eigenvalue weighted by molar-refractivity contribution is 7.20. The molecule has 0 bridgehead atoms. The fourth-order valence-corrected chi connectivity index (χ4v) is 2.88. The van der Waals surface area contributed by atoms with Gasteiger partial charge in [0.1, 0.15) is 0 Å². The van der Waals surface area contributed by atoms with Gasteiger partial charge in [0, 0.05) is 6.42 Å². The van der Waals surface area contributed by atoms with E-state index in [1.165, 1.54) is 11.3 Å². The van der Waals surface area contributed by atoms with Crippen molar-refractivity contribution in [1.29, 1.82) is 0 Å². The summed E-state index contributed by atoms with van der Waals surface area (Å²) in [5, 5.41) is 8.53. The van der Waals surface area contributed by atoms with E-state index in [0.29, 0.717) is 15.1 Å². The summed E-state index contributed by atoms with van der Waals surface area (Å²) in [6.45, 7) is 1.95. The van der Waals surface area contributed by atoms with Crippen LogP contribution in [0.1, 0.15) is 31.2 Å². The van der Waals surface area contributed by atoms with E-state index in [2.05, 4.69) is 0 Å². The zero-order chi connectivity index (χ0) is 10.7. The lowest BCUT2D eigenvalue weighted by molar-refractivity contribution is -0.137. The van der Waals surface area contributed by atoms with E-state index in [1.54, 1.807) is 6.07 Å². The van der Waals surface area contributed by atoms with Gasteiger partial charge in [0.2, 0.25) is 0 Å². The van der Waals surface area contributed by atoms with Crippen molar-refractivity contribution in [3.05, 3.63) is 20.3 Å². The lowest BCUT2D eigenvalue weighted by Gasteiger charge is -2.07. The molecule has 0 radical (unpaired) electrons. The van der Waals surface area contributed by atoms with Crippen LogP contribution in [0.3, 0.4) is 0 Å². The normalized spacial score (nSPS) is 12.8. The molecule has 1 N–H and O–H groups in total. The van der Waals surface area contributed by atoms with Crippen molar-refractivity contribution < 1.29 is 9.90 Å². The topological polar surface area (TPSA) is 37.3 Å². The number of aliphatic carboxylic acids is 1. The minimum absolute atomic E-state index is 0.141. The van der Waals surface area contributed by atoms with E-state index in [-0.39, 0.29) is 12.3 Å². The molecule has 1 unspecified atom stereocenters. The van der Waals surface area contributed by atoms with Gasteiger partial charge in [-0.3, -0.25) is 4.79 Å². The maximum atomic E-state index is 10.4. The Hall–Kier alpha value is -0.250. The largest absolute Gasteiger partial charge is 0.481 e. The molecule has 1 aromatic heterocycles. The lowest BCUT2D eigenvalue weighted by atomic mass is 9.99. The summed E-state index contributed by atoms with van der Waals surface area (Å²) in [4.78, 5) is 10.4. The molecule has 78 valence electrons. The number of rotatable bonds is 4. The standard InChI is InChI=1S/C9H10Cl2O2S/c1-5(2-3-8(12)13)6-4-7(10)14-9(6)11/h4-5H,2-3H2,1H3,(H,12,13). The number of carboxylic acids is 1. The third-order valence-electron chi connectivity index (χ3n) is 2.01. The molecule has 0 aliphatic heterocycles. The van der Waals surface area contributed by atoms with E-state index in [0.717, 1.165) is 5.56 Å². The van der Waals surface area contributed by atoms with Crippen LogP contribution >= 0.6 is 34.5 Å². The monoisotopic (exact) mass is 252 g/mol. The van der Waals surface area contributed by atoms with Gasteiger partial charge in [0.05, 0.1) is 8.67 Å². The van der Waals surface area contributed by atoms with Gasteiger partial charge in [-0.05, 0) is 24.0 Å². The number of halogens is 2. The highest BCUT2D eigenvalue weighted by atomic mass is 35.5. The Balaban J connectivity index is 2.64. The van der Waals surface area contributed by atoms with Crippen molar-refractivity contribution >= 4 is 40.5 Å². The summed E-state index contributed by atoms with van der Waals surface area (Å²) in [5.74, 6) is -0.642. The third kappa shape index (κ3) is 3.15. The van der Waals surface area contributed by atoms with Gasteiger partial charge in [0.15, 0.2) is 0 Å². The molecule has 14 heavy (non-hydrogen) atoms. The Morgan fingerprint density at radius 2 is 2.29 bits per heavy atom. The molecule has 0 fully saturated rings. The van der Waals surface area contributed by atoms with Crippen LogP contribution in [0.15, 0.2) is 6.07 Å². The number of carbonyl (C=O) groups is 1. The average molecular weight is 253 g/mol. The van der Waals surface area contributed by atoms with Gasteiger partial charge < -0.3 is 5.11 Å². The Morgan fingerprint density at radius 3 is 2.71 bits per heavy atom. The van der Waals surface area contributed by atoms with Gasteiger partial charge in [-0.15, -0.1) is 11.3 Å². The molecule has 2 nitrogen and oxygen atoms in total. The second kappa shape index (κ2) is 5.01. The summed E-state index contributed by atoms with van der Waals surface area (Å²) in [5.41, 5.74) is 0.947. The molecule has 1 rings (SSSR count). The predicted molar refractivity (Wildman–Crippen MR) is 59.6 cm³/mol. The van der Waals surface area contributed by atoms with Gasteiger partial charge in [-0.2, -0.15) is 0 Å². The fourth-order valence-electron chi connectivity index (χ4n) is 1.18. The fraction of sp³-hybridized carbons (Fsp3) is 0.444. The number of hydrogen-bond donors (Lipinski definition) is 1. The first-order chi connectivity index (χ1) is 6.50. The maximum absolute atomic E-state index is 10.4. The van der Waals surface area contributed by atoms with Gasteiger partial charge >= 0.3 is 5.97 Å². The van der Waals surface area contributed by atoms with Crippen LogP contribution < -0.4 is 0 Å². The van der Waals surface area contributed by atoms with Crippen molar-refractivity contribution in [1.82, 2.24) is 0 Å². The van der Waals surface area contributed by atoms with Gasteiger partial charge in [-0.1, -0.05) is 30.1 Å². The van der Waals surface area contributed by atoms with Crippen LogP contribution in [-0.4, -0.2) is 11.1 Å². The highest BCUT2D eigenvalue weighted by Gasteiger charge is 2.14. The van der Waals surface area contributed by atoms with E-state index >= 15 is 0 Å². The first-order valence-electron chi connectivity index (χ1n) is 4.17. The Morgan fingerprint density at radius 1 is 1.64 bits per heavy atom. The quantitative estimate of drug-likeness (QED) is 0.879. The molecule has 0 saturated heterocycles. The zero-order valence-electron chi connectivity index (χ0n) is 7.59. The van der Waals surface area contributed by atoms with Crippen LogP contribution in [-0.2, 0) is 4.79 Å². The Kier molecular flexibility index (Phi) is 4.23. The van der Waals surface area contributed by atoms with Crippen molar-refractivity contribution in [2.24, 2.45) is 0 Å². The lowest BCUT2D eigenvalue weighted by Crippen LogP contribution is -1.99. The second-order valence-corrected chi connectivity index (χ2v) is 5.40. The Labute approximate surface area is 96.5 Å². The minimum atomic E-state index is -0.783. The van der Waals surface area contributed by atoms with Gasteiger partial charge in [0.25, 0.3) is 0 Å². The van der Waals surface area contributed by atoms with Crippen molar-refractivity contribution in [2.75, 3.05) is 0 Å². The van der Waals surface area contributed by atoms with Crippen LogP contribution in [0.4, 0.5) is 0 Å². The minimum Gasteiger partial charge on any atom is -0.481 e. The molecule has 0 amide bonds. The van der Waals surface area contributed by atoms with Crippen molar-refractivity contribution in [2.45, 2.75) is 25.7 Å². The summed E-state index contributed by atoms with van der Waals surface area (Å²) >= 11 is 13.0. The summed E-state index contributed by atoms with van der Waals surface area (Å²) < 4.78 is 1.31. The molecule has 1 heterocycles. The molecule has 0 aliphatic rings. The van der Waals surface area contributed by atoms with Crippen LogP contribution in [0, 0.1) is 0 Å². The highest BCUT2D eigenvalue weighted by Crippen LogP contribution is 2.37.